The van der Waals surface area contributed by atoms with E-state index in [1.807, 2.05) is 19.9 Å². The van der Waals surface area contributed by atoms with Gasteiger partial charge in [0.15, 0.2) is 0 Å². The van der Waals surface area contributed by atoms with Crippen molar-refractivity contribution in [3.8, 4) is 0 Å². The second kappa shape index (κ2) is 7.73. The molecule has 0 spiro atoms. The molecule has 1 aliphatic carbocycles. The number of hydrogen-bond donors (Lipinski definition) is 0. The van der Waals surface area contributed by atoms with Crippen LogP contribution in [-0.2, 0) is 11.3 Å². The number of carbonyl (C=O) groups is 1. The zero-order valence-corrected chi connectivity index (χ0v) is 14.2. The fraction of sp³-hybridized carbons (Fsp3) is 0.300. The summed E-state index contributed by atoms with van der Waals surface area (Å²) in [5.41, 5.74) is 6.43. The zero-order valence-electron chi connectivity index (χ0n) is 14.2. The molecule has 1 aliphatic rings. The monoisotopic (exact) mass is 308 g/mol. The molecule has 0 atom stereocenters. The van der Waals surface area contributed by atoms with Gasteiger partial charge in [0.1, 0.15) is 6.29 Å². The summed E-state index contributed by atoms with van der Waals surface area (Å²) in [6, 6.07) is 2.06. The maximum atomic E-state index is 11.0. The van der Waals surface area contributed by atoms with Gasteiger partial charge in [0.25, 0.3) is 0 Å². The van der Waals surface area contributed by atoms with Crippen LogP contribution < -0.4 is 0 Å². The Morgan fingerprint density at radius 2 is 2.09 bits per heavy atom. The van der Waals surface area contributed by atoms with Crippen LogP contribution >= 0.6 is 0 Å². The first-order valence-electron chi connectivity index (χ1n) is 7.94. The second-order valence-electron chi connectivity index (χ2n) is 5.80. The van der Waals surface area contributed by atoms with Crippen molar-refractivity contribution in [1.82, 2.24) is 9.78 Å². The van der Waals surface area contributed by atoms with Gasteiger partial charge in [-0.05, 0) is 62.0 Å². The van der Waals surface area contributed by atoms with Crippen LogP contribution in [0, 0.1) is 0 Å². The largest absolute Gasteiger partial charge is 0.301 e. The minimum absolute atomic E-state index is 0.272. The Kier molecular flexibility index (Phi) is 5.69. The average Bonchev–Trinajstić information content (AvgIpc) is 2.99. The first-order chi connectivity index (χ1) is 11.1. The van der Waals surface area contributed by atoms with Gasteiger partial charge in [0.05, 0.1) is 17.9 Å². The summed E-state index contributed by atoms with van der Waals surface area (Å²) in [6.07, 6.45) is 13.4. The van der Waals surface area contributed by atoms with Gasteiger partial charge in [-0.3, -0.25) is 4.68 Å². The molecule has 0 bridgehead atoms. The van der Waals surface area contributed by atoms with Crippen molar-refractivity contribution in [2.45, 2.75) is 40.2 Å². The van der Waals surface area contributed by atoms with E-state index in [1.54, 1.807) is 4.68 Å². The SMILES string of the molecule is C=C/C(C)=C(C)\C=C(/C)c1cc(C2=CCCC=C2)n(CC=O)n1. The minimum atomic E-state index is 0.272. The summed E-state index contributed by atoms with van der Waals surface area (Å²) in [4.78, 5) is 11.0. The molecule has 23 heavy (non-hydrogen) atoms. The van der Waals surface area contributed by atoms with Crippen LogP contribution in [-0.4, -0.2) is 16.1 Å². The molecular formula is C20H24N2O. The Hall–Kier alpha value is -2.42. The number of carbonyl (C=O) groups excluding carboxylic acids is 1. The molecule has 0 N–H and O–H groups in total. The average molecular weight is 308 g/mol. The smallest absolute Gasteiger partial charge is 0.141 e. The van der Waals surface area contributed by atoms with Crippen molar-refractivity contribution in [2.24, 2.45) is 0 Å². The third kappa shape index (κ3) is 4.07. The van der Waals surface area contributed by atoms with E-state index in [2.05, 4.69) is 49.0 Å². The van der Waals surface area contributed by atoms with Crippen LogP contribution in [0.3, 0.4) is 0 Å². The number of nitrogens with zero attached hydrogens (tertiary/aromatic N) is 2. The Morgan fingerprint density at radius 1 is 1.30 bits per heavy atom. The molecule has 0 saturated heterocycles. The molecule has 1 heterocycles. The Balaban J connectivity index is 2.43. The minimum Gasteiger partial charge on any atom is -0.301 e. The van der Waals surface area contributed by atoms with E-state index >= 15 is 0 Å². The molecule has 0 aliphatic heterocycles. The van der Waals surface area contributed by atoms with Crippen LogP contribution in [0.5, 0.6) is 0 Å². The van der Waals surface area contributed by atoms with Crippen molar-refractivity contribution in [2.75, 3.05) is 0 Å². The highest BCUT2D eigenvalue weighted by molar-refractivity contribution is 5.76. The fourth-order valence-electron chi connectivity index (χ4n) is 2.53. The first-order valence-corrected chi connectivity index (χ1v) is 7.94. The predicted octanol–water partition coefficient (Wildman–Crippen LogP) is 4.74. The summed E-state index contributed by atoms with van der Waals surface area (Å²) in [5, 5.41) is 4.61. The molecule has 3 nitrogen and oxygen atoms in total. The van der Waals surface area contributed by atoms with Gasteiger partial charge in [-0.15, -0.1) is 0 Å². The van der Waals surface area contributed by atoms with Gasteiger partial charge in [-0.2, -0.15) is 5.10 Å². The summed E-state index contributed by atoms with van der Waals surface area (Å²) in [7, 11) is 0. The third-order valence-electron chi connectivity index (χ3n) is 4.08. The number of aromatic nitrogens is 2. The quantitative estimate of drug-likeness (QED) is 0.562. The summed E-state index contributed by atoms with van der Waals surface area (Å²) < 4.78 is 1.78. The van der Waals surface area contributed by atoms with Crippen LogP contribution in [0.4, 0.5) is 0 Å². The number of rotatable bonds is 6. The van der Waals surface area contributed by atoms with Crippen LogP contribution in [0.2, 0.25) is 0 Å². The van der Waals surface area contributed by atoms with Crippen LogP contribution in [0.1, 0.15) is 45.0 Å². The molecule has 0 unspecified atom stereocenters. The number of allylic oxidation sites excluding steroid dienone is 9. The maximum Gasteiger partial charge on any atom is 0.141 e. The molecule has 2 rings (SSSR count). The lowest BCUT2D eigenvalue weighted by molar-refractivity contribution is -0.108. The third-order valence-corrected chi connectivity index (χ3v) is 4.08. The summed E-state index contributed by atoms with van der Waals surface area (Å²) in [6.45, 7) is 10.2. The van der Waals surface area contributed by atoms with E-state index in [0.29, 0.717) is 0 Å². The summed E-state index contributed by atoms with van der Waals surface area (Å²) in [5.74, 6) is 0. The molecule has 0 saturated carbocycles. The van der Waals surface area contributed by atoms with Crippen molar-refractivity contribution in [1.29, 1.82) is 0 Å². The van der Waals surface area contributed by atoms with Crippen molar-refractivity contribution in [3.05, 3.63) is 65.6 Å². The van der Waals surface area contributed by atoms with Gasteiger partial charge in [0.2, 0.25) is 0 Å². The van der Waals surface area contributed by atoms with Gasteiger partial charge < -0.3 is 4.79 Å². The molecular weight excluding hydrogens is 284 g/mol. The molecule has 3 heteroatoms. The summed E-state index contributed by atoms with van der Waals surface area (Å²) >= 11 is 0. The van der Waals surface area contributed by atoms with Crippen LogP contribution in [0.25, 0.3) is 11.1 Å². The van der Waals surface area contributed by atoms with E-state index < -0.39 is 0 Å². The molecule has 1 aromatic heterocycles. The molecule has 0 amide bonds. The lowest BCUT2D eigenvalue weighted by Gasteiger charge is -2.07. The standard InChI is InChI=1S/C20H24N2O/c1-5-15(2)16(3)13-17(4)19-14-20(22(21-19)11-12-23)18-9-7-6-8-10-18/h5,7,9-10,12-14H,1,6,8,11H2,2-4H3/b16-15-,17-13+. The van der Waals surface area contributed by atoms with Gasteiger partial charge in [-0.1, -0.05) is 37.0 Å². The molecule has 0 aromatic carbocycles. The highest BCUT2D eigenvalue weighted by Gasteiger charge is 2.12. The van der Waals surface area contributed by atoms with Crippen molar-refractivity contribution < 1.29 is 4.79 Å². The predicted molar refractivity (Wildman–Crippen MR) is 96.9 cm³/mol. The number of hydrogen-bond acceptors (Lipinski definition) is 2. The first kappa shape index (κ1) is 16.9. The second-order valence-corrected chi connectivity index (χ2v) is 5.80. The Bertz CT molecular complexity index is 727. The lowest BCUT2D eigenvalue weighted by atomic mass is 10.0. The Morgan fingerprint density at radius 3 is 2.70 bits per heavy atom. The zero-order chi connectivity index (χ0) is 16.8. The lowest BCUT2D eigenvalue weighted by Crippen LogP contribution is -2.05. The molecule has 1 aromatic rings. The van der Waals surface area contributed by atoms with Gasteiger partial charge >= 0.3 is 0 Å². The number of aldehydes is 1. The van der Waals surface area contributed by atoms with E-state index in [1.165, 1.54) is 5.57 Å². The van der Waals surface area contributed by atoms with E-state index in [-0.39, 0.29) is 6.54 Å². The van der Waals surface area contributed by atoms with E-state index in [0.717, 1.165) is 47.2 Å². The normalized spacial score (nSPS) is 16.0. The highest BCUT2D eigenvalue weighted by Crippen LogP contribution is 2.25. The Labute approximate surface area is 138 Å². The molecule has 0 fully saturated rings. The maximum absolute atomic E-state index is 11.0. The fourth-order valence-corrected chi connectivity index (χ4v) is 2.53. The molecule has 120 valence electrons. The van der Waals surface area contributed by atoms with Gasteiger partial charge in [0, 0.05) is 0 Å². The van der Waals surface area contributed by atoms with Crippen molar-refractivity contribution >= 4 is 17.4 Å². The topological polar surface area (TPSA) is 34.9 Å². The highest BCUT2D eigenvalue weighted by atomic mass is 16.1. The van der Waals surface area contributed by atoms with Gasteiger partial charge in [-0.25, -0.2) is 0 Å². The van der Waals surface area contributed by atoms with Crippen molar-refractivity contribution in [3.63, 3.8) is 0 Å². The van der Waals surface area contributed by atoms with Crippen LogP contribution in [0.15, 0.2) is 54.2 Å². The molecule has 0 radical (unpaired) electrons. The van der Waals surface area contributed by atoms with E-state index in [9.17, 15) is 4.79 Å². The van der Waals surface area contributed by atoms with E-state index in [4.69, 9.17) is 0 Å².